The van der Waals surface area contributed by atoms with E-state index in [1.807, 2.05) is 0 Å². The lowest BCUT2D eigenvalue weighted by atomic mass is 9.83. The zero-order chi connectivity index (χ0) is 23.4. The Bertz CT molecular complexity index is 980. The predicted molar refractivity (Wildman–Crippen MR) is 122 cm³/mol. The Hall–Kier alpha value is -2.23. The number of anilines is 1. The number of benzene rings is 1. The minimum Gasteiger partial charge on any atom is -0.383 e. The van der Waals surface area contributed by atoms with Gasteiger partial charge < -0.3 is 15.4 Å². The number of carbonyl (C=O) groups is 1. The Morgan fingerprint density at radius 3 is 2.67 bits per heavy atom. The van der Waals surface area contributed by atoms with Crippen molar-refractivity contribution in [1.82, 2.24) is 20.5 Å². The van der Waals surface area contributed by atoms with Gasteiger partial charge in [-0.3, -0.25) is 4.79 Å². The Morgan fingerprint density at radius 2 is 1.94 bits per heavy atom. The number of hydrogen-bond acceptors (Lipinski definition) is 8. The molecule has 5 atom stereocenters. The Labute approximate surface area is 195 Å². The fourth-order valence-corrected chi connectivity index (χ4v) is 6.18. The number of nitrogens with zero attached hydrogens (tertiary/aromatic N) is 2. The molecule has 1 aromatic carbocycles. The van der Waals surface area contributed by atoms with Crippen LogP contribution < -0.4 is 20.8 Å². The monoisotopic (exact) mass is 476 g/mol. The van der Waals surface area contributed by atoms with Crippen LogP contribution in [0.1, 0.15) is 32.1 Å². The molecule has 3 aliphatic rings. The first kappa shape index (κ1) is 23.9. The topological polar surface area (TPSA) is 136 Å². The number of hydrogen-bond donors (Lipinski definition) is 4. The van der Waals surface area contributed by atoms with Crippen molar-refractivity contribution in [2.45, 2.75) is 55.2 Å². The quantitative estimate of drug-likeness (QED) is 0.404. The maximum absolute atomic E-state index is 12.8. The van der Waals surface area contributed by atoms with Gasteiger partial charge in [0.25, 0.3) is 0 Å². The zero-order valence-corrected chi connectivity index (χ0v) is 19.6. The summed E-state index contributed by atoms with van der Waals surface area (Å²) in [7, 11) is -2.10. The fraction of sp³-hybridized carbons (Fsp3) is 0.636. The summed E-state index contributed by atoms with van der Waals surface area (Å²) in [5.74, 6) is -0.366. The third-order valence-electron chi connectivity index (χ3n) is 6.80. The smallest absolute Gasteiger partial charge is 0.240 e. The number of rotatable bonds is 8. The molecule has 1 aromatic rings. The van der Waals surface area contributed by atoms with Crippen molar-refractivity contribution < 1.29 is 17.9 Å². The molecule has 4 rings (SSSR count). The van der Waals surface area contributed by atoms with Gasteiger partial charge in [-0.2, -0.15) is 5.26 Å². The van der Waals surface area contributed by atoms with Crippen molar-refractivity contribution in [3.8, 4) is 6.07 Å². The summed E-state index contributed by atoms with van der Waals surface area (Å²) in [5.41, 5.74) is 4.20. The van der Waals surface area contributed by atoms with Gasteiger partial charge in [0.2, 0.25) is 15.9 Å². The van der Waals surface area contributed by atoms with Crippen molar-refractivity contribution in [3.05, 3.63) is 24.3 Å². The Balaban J connectivity index is 1.49. The fourth-order valence-electron chi connectivity index (χ4n) is 5.17. The molecule has 0 radical (unpaired) electrons. The molecule has 1 aliphatic carbocycles. The van der Waals surface area contributed by atoms with Crippen LogP contribution in [0.4, 0.5) is 5.69 Å². The summed E-state index contributed by atoms with van der Waals surface area (Å²) < 4.78 is 32.1. The number of nitriles is 1. The molecule has 1 saturated carbocycles. The molecule has 2 saturated heterocycles. The second-order valence-electron chi connectivity index (χ2n) is 8.83. The molecule has 3 unspecified atom stereocenters. The molecule has 2 heterocycles. The van der Waals surface area contributed by atoms with Gasteiger partial charge in [0, 0.05) is 38.0 Å². The van der Waals surface area contributed by atoms with E-state index in [2.05, 4.69) is 31.9 Å². The number of piperidine rings is 1. The number of fused-ring (bicyclic) bond motifs is 1. The summed E-state index contributed by atoms with van der Waals surface area (Å²) in [6, 6.07) is 9.03. The van der Waals surface area contributed by atoms with Gasteiger partial charge in [0.1, 0.15) is 6.17 Å². The number of nitrogens with one attached hydrogen (secondary N) is 4. The maximum atomic E-state index is 12.8. The average molecular weight is 477 g/mol. The van der Waals surface area contributed by atoms with Gasteiger partial charge in [-0.15, -0.1) is 0 Å². The third kappa shape index (κ3) is 5.15. The van der Waals surface area contributed by atoms with Crippen LogP contribution in [0.25, 0.3) is 0 Å². The molecule has 11 heteroatoms. The second-order valence-corrected chi connectivity index (χ2v) is 10.6. The van der Waals surface area contributed by atoms with E-state index in [9.17, 15) is 18.5 Å². The minimum absolute atomic E-state index is 0.00962. The van der Waals surface area contributed by atoms with Gasteiger partial charge in [-0.1, -0.05) is 12.8 Å². The predicted octanol–water partition coefficient (Wildman–Crippen LogP) is 0.757. The van der Waals surface area contributed by atoms with Gasteiger partial charge in [0.05, 0.1) is 29.4 Å². The minimum atomic E-state index is -3.61. The standard InChI is InChI=1S/C22H32N6O4S/c1-32-13-12-25-33(30,31)17-8-6-16(7-9-17)26-21-20-19(10-11-24-22(20)29)28(27-21)18-5-3-2-4-15(18)14-23/h6-9,15,18-21,25-27H,2-5,10-13H2,1H3,(H,24,29)/t15-,18+,19?,20?,21?/m1/s1. The molecule has 3 fully saturated rings. The highest BCUT2D eigenvalue weighted by atomic mass is 32.2. The molecule has 0 spiro atoms. The molecule has 33 heavy (non-hydrogen) atoms. The highest BCUT2D eigenvalue weighted by Crippen LogP contribution is 2.36. The zero-order valence-electron chi connectivity index (χ0n) is 18.8. The second kappa shape index (κ2) is 10.4. The number of sulfonamides is 1. The number of amides is 1. The summed E-state index contributed by atoms with van der Waals surface area (Å²) in [6.45, 7) is 1.11. The maximum Gasteiger partial charge on any atom is 0.240 e. The van der Waals surface area contributed by atoms with Crippen molar-refractivity contribution >= 4 is 21.6 Å². The lowest BCUT2D eigenvalue weighted by Crippen LogP contribution is -2.54. The SMILES string of the molecule is COCCNS(=O)(=O)c1ccc(NC2NN([C@H]3CCCC[C@@H]3C#N)C3CCNC(=O)C23)cc1. The molecule has 4 N–H and O–H groups in total. The van der Waals surface area contributed by atoms with Crippen molar-refractivity contribution in [2.24, 2.45) is 11.8 Å². The first-order valence-electron chi connectivity index (χ1n) is 11.5. The molecule has 1 amide bonds. The average Bonchev–Trinajstić information content (AvgIpc) is 3.19. The summed E-state index contributed by atoms with van der Waals surface area (Å²) in [6.07, 6.45) is 4.44. The summed E-state index contributed by atoms with van der Waals surface area (Å²) >= 11 is 0. The molecule has 0 aromatic heterocycles. The van der Waals surface area contributed by atoms with Gasteiger partial charge >= 0.3 is 0 Å². The lowest BCUT2D eigenvalue weighted by molar-refractivity contribution is -0.128. The van der Waals surface area contributed by atoms with Crippen LogP contribution in [-0.2, 0) is 19.6 Å². The van der Waals surface area contributed by atoms with E-state index < -0.39 is 10.0 Å². The van der Waals surface area contributed by atoms with Crippen molar-refractivity contribution in [2.75, 3.05) is 32.1 Å². The summed E-state index contributed by atoms with van der Waals surface area (Å²) in [5, 5.41) is 18.2. The largest absolute Gasteiger partial charge is 0.383 e. The molecule has 0 bridgehead atoms. The molecular formula is C22H32N6O4S. The Kier molecular flexibility index (Phi) is 7.51. The van der Waals surface area contributed by atoms with Gasteiger partial charge in [0.15, 0.2) is 0 Å². The first-order chi connectivity index (χ1) is 15.9. The van der Waals surface area contributed by atoms with Crippen LogP contribution in [-0.4, -0.2) is 64.4 Å². The lowest BCUT2D eigenvalue weighted by Gasteiger charge is -2.39. The van der Waals surface area contributed by atoms with Crippen LogP contribution in [0.5, 0.6) is 0 Å². The van der Waals surface area contributed by atoms with E-state index >= 15 is 0 Å². The van der Waals surface area contributed by atoms with E-state index in [0.717, 1.165) is 32.1 Å². The molecule has 2 aliphatic heterocycles. The number of methoxy groups -OCH3 is 1. The van der Waals surface area contributed by atoms with E-state index in [0.29, 0.717) is 18.8 Å². The number of carbonyl (C=O) groups excluding carboxylic acids is 1. The highest BCUT2D eigenvalue weighted by molar-refractivity contribution is 7.89. The van der Waals surface area contributed by atoms with E-state index in [4.69, 9.17) is 4.74 Å². The van der Waals surface area contributed by atoms with Crippen LogP contribution >= 0.6 is 0 Å². The normalized spacial score (nSPS) is 30.3. The van der Waals surface area contributed by atoms with E-state index in [1.54, 1.807) is 12.1 Å². The van der Waals surface area contributed by atoms with Crippen molar-refractivity contribution in [3.63, 3.8) is 0 Å². The molecular weight excluding hydrogens is 444 g/mol. The summed E-state index contributed by atoms with van der Waals surface area (Å²) in [4.78, 5) is 13.0. The van der Waals surface area contributed by atoms with Crippen LogP contribution in [0, 0.1) is 23.2 Å². The Morgan fingerprint density at radius 1 is 1.18 bits per heavy atom. The third-order valence-corrected chi connectivity index (χ3v) is 8.28. The van der Waals surface area contributed by atoms with Gasteiger partial charge in [-0.25, -0.2) is 23.6 Å². The molecule has 10 nitrogen and oxygen atoms in total. The number of ether oxygens (including phenoxy) is 1. The number of hydrazine groups is 1. The van der Waals surface area contributed by atoms with E-state index in [-0.39, 0.29) is 47.4 Å². The van der Waals surface area contributed by atoms with Crippen molar-refractivity contribution in [1.29, 1.82) is 5.26 Å². The van der Waals surface area contributed by atoms with Gasteiger partial charge in [-0.05, 0) is 43.5 Å². The highest BCUT2D eigenvalue weighted by Gasteiger charge is 2.51. The van der Waals surface area contributed by atoms with E-state index in [1.165, 1.54) is 19.2 Å². The molecule has 180 valence electrons. The van der Waals surface area contributed by atoms with Crippen LogP contribution in [0.15, 0.2) is 29.2 Å². The first-order valence-corrected chi connectivity index (χ1v) is 13.0. The van der Waals surface area contributed by atoms with Crippen LogP contribution in [0.3, 0.4) is 0 Å². The van der Waals surface area contributed by atoms with Crippen LogP contribution in [0.2, 0.25) is 0 Å².